The van der Waals surface area contributed by atoms with Crippen LogP contribution in [0.15, 0.2) is 51.4 Å². The fourth-order valence-corrected chi connectivity index (χ4v) is 2.84. The molecule has 0 amide bonds. The van der Waals surface area contributed by atoms with Gasteiger partial charge in [-0.3, -0.25) is 0 Å². The summed E-state index contributed by atoms with van der Waals surface area (Å²) in [6.07, 6.45) is 0. The van der Waals surface area contributed by atoms with Gasteiger partial charge in [-0.25, -0.2) is 0 Å². The minimum absolute atomic E-state index is 0.163. The van der Waals surface area contributed by atoms with Crippen molar-refractivity contribution in [2.24, 2.45) is 0 Å². The van der Waals surface area contributed by atoms with E-state index in [1.54, 1.807) is 0 Å². The molecule has 0 saturated carbocycles. The van der Waals surface area contributed by atoms with Crippen LogP contribution in [-0.2, 0) is 5.41 Å². The maximum Gasteiger partial charge on any atom is 0.0254 e. The van der Waals surface area contributed by atoms with Gasteiger partial charge in [-0.2, -0.15) is 0 Å². The van der Waals surface area contributed by atoms with Gasteiger partial charge in [0.2, 0.25) is 0 Å². The summed E-state index contributed by atoms with van der Waals surface area (Å²) in [5.74, 6) is 0. The summed E-state index contributed by atoms with van der Waals surface area (Å²) < 4.78 is 2.25. The smallest absolute Gasteiger partial charge is 0.0254 e. The monoisotopic (exact) mass is 366 g/mol. The van der Waals surface area contributed by atoms with E-state index in [0.29, 0.717) is 0 Å². The summed E-state index contributed by atoms with van der Waals surface area (Å²) in [7, 11) is 0. The van der Waals surface area contributed by atoms with Gasteiger partial charge in [0, 0.05) is 8.95 Å². The van der Waals surface area contributed by atoms with Crippen LogP contribution in [0.5, 0.6) is 0 Å². The lowest BCUT2D eigenvalue weighted by Gasteiger charge is -2.21. The molecule has 0 aliphatic carbocycles. The number of halogens is 2. The lowest BCUT2D eigenvalue weighted by Crippen LogP contribution is -2.10. The van der Waals surface area contributed by atoms with Gasteiger partial charge in [-0.1, -0.05) is 76.9 Å². The second-order valence-corrected chi connectivity index (χ2v) is 7.13. The van der Waals surface area contributed by atoms with Gasteiger partial charge in [-0.05, 0) is 40.3 Å². The Morgan fingerprint density at radius 2 is 1.39 bits per heavy atom. The summed E-state index contributed by atoms with van der Waals surface area (Å²) >= 11 is 7.27. The minimum atomic E-state index is 0.163. The Kier molecular flexibility index (Phi) is 3.98. The molecule has 0 aliphatic rings. The zero-order valence-corrected chi connectivity index (χ0v) is 14.0. The first-order chi connectivity index (χ1) is 8.39. The third kappa shape index (κ3) is 2.86. The zero-order chi connectivity index (χ0) is 13.3. The highest BCUT2D eigenvalue weighted by Gasteiger charge is 2.16. The first kappa shape index (κ1) is 13.8. The second kappa shape index (κ2) is 5.18. The first-order valence-electron chi connectivity index (χ1n) is 5.94. The molecule has 0 aromatic heterocycles. The Bertz CT molecular complexity index is 566. The maximum atomic E-state index is 3.65. The lowest BCUT2D eigenvalue weighted by atomic mass is 9.85. The van der Waals surface area contributed by atoms with Crippen LogP contribution in [0.2, 0.25) is 0 Å². The predicted molar refractivity (Wildman–Crippen MR) is 86.0 cm³/mol. The molecule has 0 unspecified atom stereocenters. The highest BCUT2D eigenvalue weighted by molar-refractivity contribution is 9.11. The summed E-state index contributed by atoms with van der Waals surface area (Å²) in [5.41, 5.74) is 3.96. The molecule has 0 N–H and O–H groups in total. The summed E-state index contributed by atoms with van der Waals surface area (Å²) in [4.78, 5) is 0. The van der Waals surface area contributed by atoms with E-state index in [9.17, 15) is 0 Å². The molecule has 2 aromatic rings. The zero-order valence-electron chi connectivity index (χ0n) is 10.8. The maximum absolute atomic E-state index is 3.65. The molecule has 2 aromatic carbocycles. The van der Waals surface area contributed by atoms with E-state index in [0.717, 1.165) is 8.95 Å². The van der Waals surface area contributed by atoms with Gasteiger partial charge < -0.3 is 0 Å². The van der Waals surface area contributed by atoms with Crippen molar-refractivity contribution in [1.82, 2.24) is 0 Å². The van der Waals surface area contributed by atoms with Gasteiger partial charge in [0.25, 0.3) is 0 Å². The van der Waals surface area contributed by atoms with Crippen molar-refractivity contribution in [1.29, 1.82) is 0 Å². The van der Waals surface area contributed by atoms with Crippen LogP contribution < -0.4 is 0 Å². The summed E-state index contributed by atoms with van der Waals surface area (Å²) in [5, 5.41) is 0. The van der Waals surface area contributed by atoms with Gasteiger partial charge in [-0.15, -0.1) is 0 Å². The number of benzene rings is 2. The SMILES string of the molecule is CC(C)(C)c1ccc(Br)c(-c2ccccc2Br)c1. The normalized spacial score (nSPS) is 11.6. The standard InChI is InChI=1S/C16H16Br2/c1-16(2,3)11-8-9-15(18)13(10-11)12-6-4-5-7-14(12)17/h4-10H,1-3H3. The molecule has 0 saturated heterocycles. The van der Waals surface area contributed by atoms with Crippen molar-refractivity contribution in [3.8, 4) is 11.1 Å². The molecule has 0 fully saturated rings. The summed E-state index contributed by atoms with van der Waals surface area (Å²) in [6, 6.07) is 14.9. The van der Waals surface area contributed by atoms with Crippen molar-refractivity contribution in [3.63, 3.8) is 0 Å². The highest BCUT2D eigenvalue weighted by atomic mass is 79.9. The van der Waals surface area contributed by atoms with Crippen LogP contribution in [0, 0.1) is 0 Å². The third-order valence-corrected chi connectivity index (χ3v) is 4.38. The van der Waals surface area contributed by atoms with Crippen LogP contribution in [0.1, 0.15) is 26.3 Å². The average Bonchev–Trinajstić information content (AvgIpc) is 2.29. The number of hydrogen-bond acceptors (Lipinski definition) is 0. The fourth-order valence-electron chi connectivity index (χ4n) is 1.88. The van der Waals surface area contributed by atoms with Gasteiger partial charge in [0.1, 0.15) is 0 Å². The lowest BCUT2D eigenvalue weighted by molar-refractivity contribution is 0.590. The molecule has 2 heteroatoms. The predicted octanol–water partition coefficient (Wildman–Crippen LogP) is 6.18. The van der Waals surface area contributed by atoms with Crippen LogP contribution in [0.3, 0.4) is 0 Å². The Morgan fingerprint density at radius 1 is 0.778 bits per heavy atom. The minimum Gasteiger partial charge on any atom is -0.0616 e. The van der Waals surface area contributed by atoms with Crippen molar-refractivity contribution >= 4 is 31.9 Å². The molecular formula is C16H16Br2. The third-order valence-electron chi connectivity index (χ3n) is 3.00. The highest BCUT2D eigenvalue weighted by Crippen LogP contribution is 2.36. The second-order valence-electron chi connectivity index (χ2n) is 5.42. The molecule has 0 atom stereocenters. The van der Waals surface area contributed by atoms with Crippen LogP contribution in [-0.4, -0.2) is 0 Å². The van der Waals surface area contributed by atoms with E-state index >= 15 is 0 Å². The largest absolute Gasteiger partial charge is 0.0616 e. The Balaban J connectivity index is 2.61. The molecular weight excluding hydrogens is 352 g/mol. The molecule has 94 valence electrons. The first-order valence-corrected chi connectivity index (χ1v) is 7.53. The molecule has 0 radical (unpaired) electrons. The van der Waals surface area contributed by atoms with E-state index in [1.807, 2.05) is 6.07 Å². The van der Waals surface area contributed by atoms with Crippen molar-refractivity contribution < 1.29 is 0 Å². The molecule has 0 aliphatic heterocycles. The topological polar surface area (TPSA) is 0 Å². The molecule has 0 heterocycles. The Labute approximate surface area is 126 Å². The van der Waals surface area contributed by atoms with E-state index < -0.39 is 0 Å². The van der Waals surface area contributed by atoms with Crippen molar-refractivity contribution in [2.75, 3.05) is 0 Å². The Hall–Kier alpha value is -0.600. The molecule has 0 bridgehead atoms. The van der Waals surface area contributed by atoms with Crippen LogP contribution >= 0.6 is 31.9 Å². The molecule has 2 rings (SSSR count). The average molecular weight is 368 g/mol. The number of rotatable bonds is 1. The van der Waals surface area contributed by atoms with Crippen LogP contribution in [0.4, 0.5) is 0 Å². The molecule has 0 nitrogen and oxygen atoms in total. The van der Waals surface area contributed by atoms with Crippen LogP contribution in [0.25, 0.3) is 11.1 Å². The van der Waals surface area contributed by atoms with Crippen molar-refractivity contribution in [3.05, 3.63) is 57.0 Å². The quantitative estimate of drug-likeness (QED) is 0.564. The number of hydrogen-bond donors (Lipinski definition) is 0. The summed E-state index contributed by atoms with van der Waals surface area (Å²) in [6.45, 7) is 6.71. The molecule has 18 heavy (non-hydrogen) atoms. The Morgan fingerprint density at radius 3 is 2.00 bits per heavy atom. The van der Waals surface area contributed by atoms with E-state index in [-0.39, 0.29) is 5.41 Å². The van der Waals surface area contributed by atoms with Gasteiger partial charge in [0.15, 0.2) is 0 Å². The van der Waals surface area contributed by atoms with Crippen molar-refractivity contribution in [2.45, 2.75) is 26.2 Å². The van der Waals surface area contributed by atoms with E-state index in [2.05, 4.69) is 89.0 Å². The van der Waals surface area contributed by atoms with Gasteiger partial charge >= 0.3 is 0 Å². The van der Waals surface area contributed by atoms with E-state index in [4.69, 9.17) is 0 Å². The van der Waals surface area contributed by atoms with Gasteiger partial charge in [0.05, 0.1) is 0 Å². The molecule has 0 spiro atoms. The fraction of sp³-hybridized carbons (Fsp3) is 0.250. The van der Waals surface area contributed by atoms with E-state index in [1.165, 1.54) is 16.7 Å².